The molecule has 28 heavy (non-hydrogen) atoms. The van der Waals surface area contributed by atoms with Crippen molar-refractivity contribution in [1.29, 1.82) is 0 Å². The summed E-state index contributed by atoms with van der Waals surface area (Å²) in [5.41, 5.74) is 2.58. The summed E-state index contributed by atoms with van der Waals surface area (Å²) in [5.74, 6) is 2.17. The third kappa shape index (κ3) is 3.01. The number of benzene rings is 2. The van der Waals surface area contributed by atoms with Gasteiger partial charge in [0.15, 0.2) is 28.8 Å². The third-order valence-electron chi connectivity index (χ3n) is 5.43. The van der Waals surface area contributed by atoms with E-state index in [1.54, 1.807) is 19.2 Å². The number of phenols is 1. The summed E-state index contributed by atoms with van der Waals surface area (Å²) < 4.78 is 21.9. The lowest BCUT2D eigenvalue weighted by Gasteiger charge is -2.35. The second-order valence-corrected chi connectivity index (χ2v) is 6.98. The Hall–Kier alpha value is -2.93. The molecular formula is C21H23NO6. The summed E-state index contributed by atoms with van der Waals surface area (Å²) in [5, 5.41) is 9.78. The largest absolute Gasteiger partial charge is 0.504 e. The zero-order chi connectivity index (χ0) is 19.8. The van der Waals surface area contributed by atoms with Crippen molar-refractivity contribution < 1.29 is 28.8 Å². The number of phenolic OH excluding ortho intramolecular Hbond substituents is 1. The van der Waals surface area contributed by atoms with Crippen LogP contribution in [-0.2, 0) is 6.42 Å². The van der Waals surface area contributed by atoms with Gasteiger partial charge in [0.1, 0.15) is 0 Å². The lowest BCUT2D eigenvalue weighted by atomic mass is 9.87. The van der Waals surface area contributed by atoms with Gasteiger partial charge in [-0.25, -0.2) is 0 Å². The normalized spacial score (nSPS) is 17.9. The number of fused-ring (bicyclic) bond motifs is 2. The predicted octanol–water partition coefficient (Wildman–Crippen LogP) is 2.94. The minimum atomic E-state index is -0.152. The number of aromatic hydroxyl groups is 1. The standard InChI is InChI=1S/C21H23NO6/c1-22-7-6-13-9-18-20(28-11-27-18)21(26-3)19(13)14(22)10-16(24)12-4-5-15(23)17(8-12)25-2/h4-5,8-9,14,23H,6-7,10-11H2,1-3H3/t14-/m0/s1. The fraction of sp³-hybridized carbons (Fsp3) is 0.381. The van der Waals surface area contributed by atoms with Crippen molar-refractivity contribution in [3.05, 3.63) is 41.0 Å². The molecular weight excluding hydrogens is 362 g/mol. The molecule has 1 atom stereocenters. The lowest BCUT2D eigenvalue weighted by molar-refractivity contribution is 0.0925. The molecule has 0 aliphatic carbocycles. The number of carbonyl (C=O) groups is 1. The summed E-state index contributed by atoms with van der Waals surface area (Å²) in [6, 6.07) is 6.50. The van der Waals surface area contributed by atoms with Crippen LogP contribution in [0.4, 0.5) is 0 Å². The molecule has 0 fully saturated rings. The molecule has 0 amide bonds. The van der Waals surface area contributed by atoms with Gasteiger partial charge in [-0.05, 0) is 43.3 Å². The van der Waals surface area contributed by atoms with Gasteiger partial charge in [0.25, 0.3) is 0 Å². The molecule has 7 nitrogen and oxygen atoms in total. The van der Waals surface area contributed by atoms with Crippen LogP contribution in [0.5, 0.6) is 28.7 Å². The molecule has 0 saturated carbocycles. The maximum Gasteiger partial charge on any atom is 0.231 e. The average Bonchev–Trinajstić information content (AvgIpc) is 3.17. The van der Waals surface area contributed by atoms with Gasteiger partial charge >= 0.3 is 0 Å². The average molecular weight is 385 g/mol. The first-order valence-corrected chi connectivity index (χ1v) is 9.13. The van der Waals surface area contributed by atoms with Gasteiger partial charge in [0.05, 0.1) is 14.2 Å². The second kappa shape index (κ2) is 7.24. The Kier molecular flexibility index (Phi) is 4.77. The van der Waals surface area contributed by atoms with E-state index in [4.69, 9.17) is 18.9 Å². The smallest absolute Gasteiger partial charge is 0.231 e. The fourth-order valence-electron chi connectivity index (χ4n) is 3.93. The molecule has 7 heteroatoms. The van der Waals surface area contributed by atoms with Gasteiger partial charge < -0.3 is 24.1 Å². The van der Waals surface area contributed by atoms with Crippen LogP contribution in [-0.4, -0.2) is 50.4 Å². The van der Waals surface area contributed by atoms with Crippen molar-refractivity contribution in [2.75, 3.05) is 34.6 Å². The van der Waals surface area contributed by atoms with Crippen molar-refractivity contribution in [2.24, 2.45) is 0 Å². The molecule has 0 unspecified atom stereocenters. The number of ether oxygens (including phenoxy) is 4. The van der Waals surface area contributed by atoms with Crippen LogP contribution in [0, 0.1) is 0 Å². The number of methoxy groups -OCH3 is 2. The summed E-state index contributed by atoms with van der Waals surface area (Å²) in [7, 11) is 5.07. The van der Waals surface area contributed by atoms with Gasteiger partial charge in [-0.1, -0.05) is 0 Å². The highest BCUT2D eigenvalue weighted by atomic mass is 16.7. The van der Waals surface area contributed by atoms with Crippen molar-refractivity contribution in [3.8, 4) is 28.7 Å². The minimum absolute atomic E-state index is 0.00793. The van der Waals surface area contributed by atoms with Crippen molar-refractivity contribution in [1.82, 2.24) is 4.90 Å². The van der Waals surface area contributed by atoms with E-state index in [9.17, 15) is 9.90 Å². The number of hydrogen-bond acceptors (Lipinski definition) is 7. The van der Waals surface area contributed by atoms with E-state index in [0.717, 1.165) is 24.1 Å². The highest BCUT2D eigenvalue weighted by Gasteiger charge is 2.35. The molecule has 2 aliphatic heterocycles. The summed E-state index contributed by atoms with van der Waals surface area (Å²) >= 11 is 0. The van der Waals surface area contributed by atoms with Crippen LogP contribution in [0.3, 0.4) is 0 Å². The number of nitrogens with zero attached hydrogens (tertiary/aromatic N) is 1. The van der Waals surface area contributed by atoms with Crippen LogP contribution in [0.2, 0.25) is 0 Å². The van der Waals surface area contributed by atoms with E-state index in [1.165, 1.54) is 13.2 Å². The molecule has 0 spiro atoms. The SMILES string of the molecule is COc1cc(C(=O)C[C@H]2c3c(cc4c(c3OC)OCO4)CCN2C)ccc1O. The molecule has 4 rings (SSSR count). The number of ketones is 1. The number of carbonyl (C=O) groups excluding carboxylic acids is 1. The number of rotatable bonds is 5. The zero-order valence-electron chi connectivity index (χ0n) is 16.2. The van der Waals surface area contributed by atoms with Crippen molar-refractivity contribution in [2.45, 2.75) is 18.9 Å². The fourth-order valence-corrected chi connectivity index (χ4v) is 3.93. The predicted molar refractivity (Wildman–Crippen MR) is 102 cm³/mol. The molecule has 0 aromatic heterocycles. The minimum Gasteiger partial charge on any atom is -0.504 e. The number of likely N-dealkylation sites (N-methyl/N-ethyl adjacent to an activating group) is 1. The molecule has 2 aromatic rings. The first kappa shape index (κ1) is 18.4. The molecule has 0 saturated heterocycles. The lowest BCUT2D eigenvalue weighted by Crippen LogP contribution is -2.34. The maximum atomic E-state index is 13.0. The first-order valence-electron chi connectivity index (χ1n) is 9.13. The Balaban J connectivity index is 1.70. The topological polar surface area (TPSA) is 77.5 Å². The second-order valence-electron chi connectivity index (χ2n) is 6.98. The maximum absolute atomic E-state index is 13.0. The van der Waals surface area contributed by atoms with Crippen LogP contribution < -0.4 is 18.9 Å². The van der Waals surface area contributed by atoms with Crippen LogP contribution in [0.15, 0.2) is 24.3 Å². The molecule has 2 aromatic carbocycles. The Morgan fingerprint density at radius 2 is 2.07 bits per heavy atom. The summed E-state index contributed by atoms with van der Waals surface area (Å²) in [6.07, 6.45) is 1.12. The van der Waals surface area contributed by atoms with E-state index in [0.29, 0.717) is 22.8 Å². The third-order valence-corrected chi connectivity index (χ3v) is 5.43. The quantitative estimate of drug-likeness (QED) is 0.793. The Labute approximate surface area is 163 Å². The molecule has 2 aliphatic rings. The van der Waals surface area contributed by atoms with E-state index in [1.807, 2.05) is 13.1 Å². The van der Waals surface area contributed by atoms with Gasteiger partial charge in [0.2, 0.25) is 12.5 Å². The number of hydrogen-bond donors (Lipinski definition) is 1. The van der Waals surface area contributed by atoms with Gasteiger partial charge in [0, 0.05) is 30.1 Å². The number of Topliss-reactive ketones (excluding diaryl/α,β-unsaturated/α-hetero) is 1. The first-order chi connectivity index (χ1) is 13.5. The van der Waals surface area contributed by atoms with E-state index in [-0.39, 0.29) is 36.5 Å². The van der Waals surface area contributed by atoms with E-state index < -0.39 is 0 Å². The van der Waals surface area contributed by atoms with Gasteiger partial charge in [-0.2, -0.15) is 0 Å². The van der Waals surface area contributed by atoms with E-state index >= 15 is 0 Å². The Morgan fingerprint density at radius 3 is 2.82 bits per heavy atom. The highest BCUT2D eigenvalue weighted by Crippen LogP contribution is 2.50. The summed E-state index contributed by atoms with van der Waals surface area (Å²) in [6.45, 7) is 0.994. The monoisotopic (exact) mass is 385 g/mol. The Bertz CT molecular complexity index is 926. The molecule has 1 N–H and O–H groups in total. The van der Waals surface area contributed by atoms with Crippen molar-refractivity contribution in [3.63, 3.8) is 0 Å². The van der Waals surface area contributed by atoms with E-state index in [2.05, 4.69) is 4.90 Å². The van der Waals surface area contributed by atoms with Gasteiger partial charge in [-0.15, -0.1) is 0 Å². The highest BCUT2D eigenvalue weighted by molar-refractivity contribution is 5.97. The van der Waals surface area contributed by atoms with Crippen LogP contribution in [0.25, 0.3) is 0 Å². The van der Waals surface area contributed by atoms with Crippen molar-refractivity contribution >= 4 is 5.78 Å². The zero-order valence-corrected chi connectivity index (χ0v) is 16.2. The summed E-state index contributed by atoms with van der Waals surface area (Å²) in [4.78, 5) is 15.2. The molecule has 0 radical (unpaired) electrons. The van der Waals surface area contributed by atoms with Crippen LogP contribution in [0.1, 0.15) is 33.9 Å². The van der Waals surface area contributed by atoms with Gasteiger partial charge in [-0.3, -0.25) is 9.69 Å². The van der Waals surface area contributed by atoms with Crippen LogP contribution >= 0.6 is 0 Å². The molecule has 2 heterocycles. The Morgan fingerprint density at radius 1 is 1.25 bits per heavy atom. The molecule has 0 bridgehead atoms. The molecule has 148 valence electrons.